The van der Waals surface area contributed by atoms with E-state index in [0.717, 1.165) is 16.8 Å². The summed E-state index contributed by atoms with van der Waals surface area (Å²) >= 11 is 0. The van der Waals surface area contributed by atoms with E-state index in [1.807, 2.05) is 12.4 Å². The highest BCUT2D eigenvalue weighted by Gasteiger charge is 2.06. The molecule has 5 aromatic rings. The maximum atomic E-state index is 4.92. The Morgan fingerprint density at radius 3 is 2.12 bits per heavy atom. The van der Waals surface area contributed by atoms with Gasteiger partial charge in [-0.25, -0.2) is 0 Å². The molecule has 4 aromatic carbocycles. The van der Waals surface area contributed by atoms with Crippen molar-refractivity contribution in [1.82, 2.24) is 4.98 Å². The fourth-order valence-corrected chi connectivity index (χ4v) is 3.48. The Balaban J connectivity index is 1.77. The van der Waals surface area contributed by atoms with Crippen LogP contribution in [0.2, 0.25) is 0 Å². The summed E-state index contributed by atoms with van der Waals surface area (Å²) in [5.41, 5.74) is 3.24. The smallest absolute Gasteiger partial charge is 0.0786 e. The van der Waals surface area contributed by atoms with Gasteiger partial charge in [-0.1, -0.05) is 66.7 Å². The van der Waals surface area contributed by atoms with Gasteiger partial charge in [0.25, 0.3) is 0 Å². The first-order chi connectivity index (χ1) is 12.4. The van der Waals surface area contributed by atoms with Crippen LogP contribution in [0.4, 0.5) is 5.69 Å². The van der Waals surface area contributed by atoms with E-state index in [9.17, 15) is 0 Å². The summed E-state index contributed by atoms with van der Waals surface area (Å²) in [5.74, 6) is 0. The Morgan fingerprint density at radius 1 is 0.680 bits per heavy atom. The van der Waals surface area contributed by atoms with Crippen molar-refractivity contribution >= 4 is 44.3 Å². The summed E-state index contributed by atoms with van der Waals surface area (Å²) in [5, 5.41) is 5.98. The van der Waals surface area contributed by atoms with E-state index in [-0.39, 0.29) is 0 Å². The lowest BCUT2D eigenvalue weighted by atomic mass is 10.0. The third-order valence-corrected chi connectivity index (χ3v) is 4.70. The zero-order valence-electron chi connectivity index (χ0n) is 13.6. The van der Waals surface area contributed by atoms with Crippen molar-refractivity contribution in [2.45, 2.75) is 0 Å². The summed E-state index contributed by atoms with van der Waals surface area (Å²) in [6.45, 7) is 0. The molecule has 0 aliphatic rings. The van der Waals surface area contributed by atoms with Crippen LogP contribution in [0.25, 0.3) is 32.4 Å². The van der Waals surface area contributed by atoms with Crippen LogP contribution in [0.1, 0.15) is 5.56 Å². The number of hydrogen-bond acceptors (Lipinski definition) is 1. The summed E-state index contributed by atoms with van der Waals surface area (Å²) in [7, 11) is 0. The van der Waals surface area contributed by atoms with Crippen molar-refractivity contribution in [2.75, 3.05) is 0 Å². The number of nitrogens with zero attached hydrogens (tertiary/aromatic N) is 1. The van der Waals surface area contributed by atoms with Gasteiger partial charge in [0.2, 0.25) is 0 Å². The SMILES string of the molecule is C(=Nc1c2ccccc2cc2ccccc12)c1cccc2cc[nH]c12. The number of benzene rings is 4. The van der Waals surface area contributed by atoms with Gasteiger partial charge in [-0.3, -0.25) is 4.99 Å². The molecule has 0 radical (unpaired) electrons. The Labute approximate surface area is 145 Å². The minimum atomic E-state index is 1.03. The molecule has 0 atom stereocenters. The average Bonchev–Trinajstić information content (AvgIpc) is 3.14. The number of nitrogens with one attached hydrogen (secondary N) is 1. The Hall–Kier alpha value is -3.39. The summed E-state index contributed by atoms with van der Waals surface area (Å²) in [6, 6.07) is 27.4. The first-order valence-electron chi connectivity index (χ1n) is 8.41. The molecule has 1 N–H and O–H groups in total. The molecule has 0 unspecified atom stereocenters. The van der Waals surface area contributed by atoms with Gasteiger partial charge in [-0.05, 0) is 22.9 Å². The highest BCUT2D eigenvalue weighted by Crippen LogP contribution is 2.35. The second-order valence-corrected chi connectivity index (χ2v) is 6.21. The molecule has 2 heteroatoms. The zero-order chi connectivity index (χ0) is 16.6. The Kier molecular flexibility index (Phi) is 3.14. The lowest BCUT2D eigenvalue weighted by Crippen LogP contribution is -1.84. The minimum Gasteiger partial charge on any atom is -0.361 e. The third kappa shape index (κ3) is 2.31. The first-order valence-corrected chi connectivity index (χ1v) is 8.41. The van der Waals surface area contributed by atoms with Crippen molar-refractivity contribution in [3.8, 4) is 0 Å². The van der Waals surface area contributed by atoms with Crippen LogP contribution < -0.4 is 0 Å². The van der Waals surface area contributed by atoms with Crippen LogP contribution in [0.5, 0.6) is 0 Å². The van der Waals surface area contributed by atoms with Crippen molar-refractivity contribution < 1.29 is 0 Å². The molecule has 0 fully saturated rings. The maximum absolute atomic E-state index is 4.92. The van der Waals surface area contributed by atoms with E-state index < -0.39 is 0 Å². The molecule has 0 amide bonds. The quantitative estimate of drug-likeness (QED) is 0.295. The van der Waals surface area contributed by atoms with Crippen LogP contribution in [0, 0.1) is 0 Å². The summed E-state index contributed by atoms with van der Waals surface area (Å²) < 4.78 is 0. The lowest BCUT2D eigenvalue weighted by molar-refractivity contribution is 1.47. The number of H-pyrrole nitrogens is 1. The minimum absolute atomic E-state index is 1.03. The van der Waals surface area contributed by atoms with E-state index in [2.05, 4.69) is 83.8 Å². The Morgan fingerprint density at radius 2 is 1.36 bits per heavy atom. The molecule has 0 saturated carbocycles. The zero-order valence-corrected chi connectivity index (χ0v) is 13.6. The standard InChI is InChI=1S/C23H16N2/c1-3-10-20-17(6-1)14-18-7-2-4-11-21(18)23(20)25-15-19-9-5-8-16-12-13-24-22(16)19/h1-15,24H. The van der Waals surface area contributed by atoms with Crippen molar-refractivity contribution in [3.05, 3.63) is 90.6 Å². The van der Waals surface area contributed by atoms with Gasteiger partial charge in [0, 0.05) is 34.1 Å². The monoisotopic (exact) mass is 320 g/mol. The Bertz CT molecular complexity index is 1190. The molecule has 0 bridgehead atoms. The first kappa shape index (κ1) is 14.0. The molecule has 1 heterocycles. The largest absolute Gasteiger partial charge is 0.361 e. The van der Waals surface area contributed by atoms with Crippen LogP contribution in [0.15, 0.2) is 90.1 Å². The number of fused-ring (bicyclic) bond motifs is 3. The number of aliphatic imine (C=N–C) groups is 1. The van der Waals surface area contributed by atoms with Gasteiger partial charge in [0.15, 0.2) is 0 Å². The molecular formula is C23H16N2. The van der Waals surface area contributed by atoms with Crippen LogP contribution >= 0.6 is 0 Å². The normalized spacial score (nSPS) is 11.8. The molecule has 118 valence electrons. The van der Waals surface area contributed by atoms with Gasteiger partial charge >= 0.3 is 0 Å². The molecule has 0 saturated heterocycles. The predicted molar refractivity (Wildman–Crippen MR) is 107 cm³/mol. The fraction of sp³-hybridized carbons (Fsp3) is 0. The van der Waals surface area contributed by atoms with Gasteiger partial charge in [0.1, 0.15) is 0 Å². The summed E-state index contributed by atoms with van der Waals surface area (Å²) in [6.07, 6.45) is 3.93. The second-order valence-electron chi connectivity index (χ2n) is 6.21. The van der Waals surface area contributed by atoms with Gasteiger partial charge in [0.05, 0.1) is 11.2 Å². The van der Waals surface area contributed by atoms with Gasteiger partial charge in [-0.15, -0.1) is 0 Å². The van der Waals surface area contributed by atoms with Crippen molar-refractivity contribution in [1.29, 1.82) is 0 Å². The van der Waals surface area contributed by atoms with E-state index in [4.69, 9.17) is 4.99 Å². The molecule has 0 aliphatic carbocycles. The van der Waals surface area contributed by atoms with E-state index in [1.165, 1.54) is 26.9 Å². The average molecular weight is 320 g/mol. The summed E-state index contributed by atoms with van der Waals surface area (Å²) in [4.78, 5) is 8.23. The maximum Gasteiger partial charge on any atom is 0.0786 e. The molecule has 25 heavy (non-hydrogen) atoms. The fourth-order valence-electron chi connectivity index (χ4n) is 3.48. The van der Waals surface area contributed by atoms with Crippen LogP contribution in [-0.4, -0.2) is 11.2 Å². The third-order valence-electron chi connectivity index (χ3n) is 4.70. The van der Waals surface area contributed by atoms with Gasteiger partial charge in [-0.2, -0.15) is 0 Å². The molecule has 0 spiro atoms. The number of hydrogen-bond donors (Lipinski definition) is 1. The number of para-hydroxylation sites is 1. The van der Waals surface area contributed by atoms with E-state index >= 15 is 0 Å². The van der Waals surface area contributed by atoms with Crippen molar-refractivity contribution in [2.24, 2.45) is 4.99 Å². The number of rotatable bonds is 2. The predicted octanol–water partition coefficient (Wildman–Crippen LogP) is 6.22. The van der Waals surface area contributed by atoms with Crippen LogP contribution in [-0.2, 0) is 0 Å². The number of aromatic amines is 1. The second kappa shape index (κ2) is 5.60. The highest BCUT2D eigenvalue weighted by molar-refractivity contribution is 6.11. The van der Waals surface area contributed by atoms with E-state index in [1.54, 1.807) is 0 Å². The van der Waals surface area contributed by atoms with Crippen LogP contribution in [0.3, 0.4) is 0 Å². The molecule has 1 aromatic heterocycles. The lowest BCUT2D eigenvalue weighted by Gasteiger charge is -2.07. The topological polar surface area (TPSA) is 28.1 Å². The molecule has 2 nitrogen and oxygen atoms in total. The van der Waals surface area contributed by atoms with Crippen molar-refractivity contribution in [3.63, 3.8) is 0 Å². The van der Waals surface area contributed by atoms with Gasteiger partial charge < -0.3 is 4.98 Å². The highest BCUT2D eigenvalue weighted by atomic mass is 14.7. The molecule has 0 aliphatic heterocycles. The number of aromatic nitrogens is 1. The van der Waals surface area contributed by atoms with E-state index in [0.29, 0.717) is 0 Å². The molecule has 5 rings (SSSR count). The molecular weight excluding hydrogens is 304 g/mol.